The van der Waals surface area contributed by atoms with Crippen LogP contribution in [0.15, 0.2) is 73.1 Å². The summed E-state index contributed by atoms with van der Waals surface area (Å²) in [5.41, 5.74) is 9.45. The lowest BCUT2D eigenvalue weighted by Gasteiger charge is -2.28. The molecule has 0 saturated carbocycles. The first-order chi connectivity index (χ1) is 16.5. The van der Waals surface area contributed by atoms with Crippen LogP contribution in [0.5, 0.6) is 0 Å². The van der Waals surface area contributed by atoms with E-state index in [0.29, 0.717) is 6.54 Å². The van der Waals surface area contributed by atoms with Crippen LogP contribution in [0.3, 0.4) is 0 Å². The normalized spacial score (nSPS) is 17.8. The van der Waals surface area contributed by atoms with Gasteiger partial charge in [0.25, 0.3) is 0 Å². The molecule has 172 valence electrons. The summed E-state index contributed by atoms with van der Waals surface area (Å²) in [6, 6.07) is 20.8. The molecule has 3 aromatic heterocycles. The Morgan fingerprint density at radius 3 is 2.38 bits per heavy atom. The van der Waals surface area contributed by atoms with Crippen molar-refractivity contribution in [2.24, 2.45) is 0 Å². The Kier molecular flexibility index (Phi) is 5.92. The molecule has 0 bridgehead atoms. The van der Waals surface area contributed by atoms with Crippen molar-refractivity contribution >= 4 is 17.3 Å². The number of aromatic nitrogens is 3. The molecule has 5 nitrogen and oxygen atoms in total. The van der Waals surface area contributed by atoms with Crippen molar-refractivity contribution in [3.63, 3.8) is 0 Å². The second-order valence-corrected chi connectivity index (χ2v) is 9.34. The van der Waals surface area contributed by atoms with E-state index in [1.807, 2.05) is 42.7 Å². The summed E-state index contributed by atoms with van der Waals surface area (Å²) in [5.74, 6) is 0. The van der Waals surface area contributed by atoms with Gasteiger partial charge >= 0.3 is 0 Å². The summed E-state index contributed by atoms with van der Waals surface area (Å²) in [7, 11) is 0. The van der Waals surface area contributed by atoms with Gasteiger partial charge in [0.2, 0.25) is 0 Å². The van der Waals surface area contributed by atoms with Gasteiger partial charge in [0.15, 0.2) is 5.11 Å². The maximum absolute atomic E-state index is 5.86. The molecule has 1 saturated heterocycles. The highest BCUT2D eigenvalue weighted by Crippen LogP contribution is 2.42. The van der Waals surface area contributed by atoms with Gasteiger partial charge < -0.3 is 14.8 Å². The van der Waals surface area contributed by atoms with Crippen LogP contribution in [-0.2, 0) is 6.54 Å². The van der Waals surface area contributed by atoms with Crippen molar-refractivity contribution in [2.45, 2.75) is 46.3 Å². The summed E-state index contributed by atoms with van der Waals surface area (Å²) in [6.07, 6.45) is 3.68. The minimum Gasteiger partial charge on any atom is -0.352 e. The second kappa shape index (κ2) is 9.03. The van der Waals surface area contributed by atoms with E-state index in [1.165, 1.54) is 33.8 Å². The minimum absolute atomic E-state index is 0.00512. The van der Waals surface area contributed by atoms with Crippen LogP contribution in [0.2, 0.25) is 0 Å². The molecular weight excluding hydrogens is 438 g/mol. The third-order valence-electron chi connectivity index (χ3n) is 6.86. The van der Waals surface area contributed by atoms with Gasteiger partial charge in [-0.25, -0.2) is 0 Å². The third kappa shape index (κ3) is 3.88. The van der Waals surface area contributed by atoms with E-state index in [-0.39, 0.29) is 12.1 Å². The lowest BCUT2D eigenvalue weighted by molar-refractivity contribution is 0.307. The first kappa shape index (κ1) is 22.3. The van der Waals surface area contributed by atoms with Gasteiger partial charge in [0.1, 0.15) is 0 Å². The molecule has 1 aliphatic heterocycles. The van der Waals surface area contributed by atoms with E-state index in [2.05, 4.69) is 82.8 Å². The molecular formula is C28H29N5S. The second-order valence-electron chi connectivity index (χ2n) is 8.96. The molecule has 1 aromatic carbocycles. The van der Waals surface area contributed by atoms with Gasteiger partial charge in [-0.15, -0.1) is 0 Å². The molecule has 1 N–H and O–H groups in total. The molecule has 5 rings (SSSR count). The van der Waals surface area contributed by atoms with E-state index in [0.717, 1.165) is 16.5 Å². The number of thiocarbonyl (C=S) groups is 1. The first-order valence-electron chi connectivity index (χ1n) is 11.6. The van der Waals surface area contributed by atoms with Gasteiger partial charge in [-0.3, -0.25) is 9.97 Å². The number of hydrogen-bond donors (Lipinski definition) is 1. The molecule has 6 heteroatoms. The Labute approximate surface area is 206 Å². The number of hydrogen-bond acceptors (Lipinski definition) is 3. The standard InChI is InChI=1S/C28H29N5S/c1-18-10-9-13-25(20(18)3)33-19(2)16-23(21(33)4)27-26(24-12-6-8-15-30-24)31-28(34)32(27)17-22-11-5-7-14-29-22/h5-16,26-27H,17H2,1-4H3,(H,31,34). The summed E-state index contributed by atoms with van der Waals surface area (Å²) < 4.78 is 2.37. The van der Waals surface area contributed by atoms with E-state index < -0.39 is 0 Å². The maximum atomic E-state index is 5.86. The van der Waals surface area contributed by atoms with Crippen LogP contribution in [0, 0.1) is 27.7 Å². The van der Waals surface area contributed by atoms with Gasteiger partial charge in [-0.2, -0.15) is 0 Å². The zero-order chi connectivity index (χ0) is 23.8. The number of aryl methyl sites for hydroxylation is 2. The largest absolute Gasteiger partial charge is 0.352 e. The quantitative estimate of drug-likeness (QED) is 0.383. The molecule has 1 aliphatic rings. The van der Waals surface area contributed by atoms with Crippen molar-refractivity contribution in [2.75, 3.05) is 0 Å². The van der Waals surface area contributed by atoms with Crippen LogP contribution in [0.25, 0.3) is 5.69 Å². The summed E-state index contributed by atoms with van der Waals surface area (Å²) in [6.45, 7) is 9.38. The fourth-order valence-electron chi connectivity index (χ4n) is 5.02. The highest BCUT2D eigenvalue weighted by atomic mass is 32.1. The lowest BCUT2D eigenvalue weighted by atomic mass is 9.96. The summed E-state index contributed by atoms with van der Waals surface area (Å²) in [5, 5.41) is 4.29. The zero-order valence-corrected chi connectivity index (χ0v) is 20.8. The molecule has 0 aliphatic carbocycles. The fraction of sp³-hybridized carbons (Fsp3) is 0.250. The molecule has 4 heterocycles. The van der Waals surface area contributed by atoms with Crippen LogP contribution in [0.4, 0.5) is 0 Å². The monoisotopic (exact) mass is 467 g/mol. The predicted octanol–water partition coefficient (Wildman–Crippen LogP) is 5.67. The van der Waals surface area contributed by atoms with Crippen molar-refractivity contribution < 1.29 is 0 Å². The summed E-state index contributed by atoms with van der Waals surface area (Å²) >= 11 is 5.86. The molecule has 0 spiro atoms. The van der Waals surface area contributed by atoms with Gasteiger partial charge in [0, 0.05) is 29.5 Å². The maximum Gasteiger partial charge on any atom is 0.170 e. The molecule has 4 aromatic rings. The molecule has 1 fully saturated rings. The van der Waals surface area contributed by atoms with E-state index in [1.54, 1.807) is 0 Å². The number of nitrogens with zero attached hydrogens (tertiary/aromatic N) is 4. The highest BCUT2D eigenvalue weighted by Gasteiger charge is 2.41. The van der Waals surface area contributed by atoms with Crippen molar-refractivity contribution in [1.29, 1.82) is 0 Å². The molecule has 0 amide bonds. The Morgan fingerprint density at radius 2 is 1.68 bits per heavy atom. The van der Waals surface area contributed by atoms with E-state index >= 15 is 0 Å². The van der Waals surface area contributed by atoms with Crippen molar-refractivity contribution in [3.05, 3.63) is 113 Å². The van der Waals surface area contributed by atoms with Crippen LogP contribution in [0.1, 0.15) is 51.5 Å². The highest BCUT2D eigenvalue weighted by molar-refractivity contribution is 7.80. The Balaban J connectivity index is 1.64. The van der Waals surface area contributed by atoms with Crippen molar-refractivity contribution in [3.8, 4) is 5.69 Å². The van der Waals surface area contributed by atoms with Gasteiger partial charge in [-0.1, -0.05) is 24.3 Å². The van der Waals surface area contributed by atoms with Crippen molar-refractivity contribution in [1.82, 2.24) is 24.8 Å². The SMILES string of the molecule is Cc1cccc(-n2c(C)cc(C3C(c4ccccn4)NC(=S)N3Cc3ccccn3)c2C)c1C. The minimum atomic E-state index is -0.0510. The molecule has 2 unspecified atom stereocenters. The molecule has 2 atom stereocenters. The number of benzene rings is 1. The Hall–Kier alpha value is -3.51. The Bertz CT molecular complexity index is 1330. The fourth-order valence-corrected chi connectivity index (χ4v) is 5.32. The van der Waals surface area contributed by atoms with Crippen LogP contribution >= 0.6 is 12.2 Å². The molecule has 0 radical (unpaired) electrons. The topological polar surface area (TPSA) is 46.0 Å². The van der Waals surface area contributed by atoms with Crippen LogP contribution < -0.4 is 5.32 Å². The smallest absolute Gasteiger partial charge is 0.170 e. The third-order valence-corrected chi connectivity index (χ3v) is 7.21. The predicted molar refractivity (Wildman–Crippen MR) is 140 cm³/mol. The van der Waals surface area contributed by atoms with E-state index in [9.17, 15) is 0 Å². The first-order valence-corrected chi connectivity index (χ1v) is 12.0. The van der Waals surface area contributed by atoms with Gasteiger partial charge in [-0.05, 0) is 93.0 Å². The average molecular weight is 468 g/mol. The molecule has 34 heavy (non-hydrogen) atoms. The number of rotatable bonds is 5. The lowest BCUT2D eigenvalue weighted by Crippen LogP contribution is -2.29. The Morgan fingerprint density at radius 1 is 0.912 bits per heavy atom. The number of pyridine rings is 2. The zero-order valence-electron chi connectivity index (χ0n) is 20.0. The summed E-state index contributed by atoms with van der Waals surface area (Å²) in [4.78, 5) is 11.5. The van der Waals surface area contributed by atoms with E-state index in [4.69, 9.17) is 12.2 Å². The number of nitrogens with one attached hydrogen (secondary N) is 1. The average Bonchev–Trinajstić information content (AvgIpc) is 3.32. The van der Waals surface area contributed by atoms with Crippen LogP contribution in [-0.4, -0.2) is 24.5 Å². The van der Waals surface area contributed by atoms with Gasteiger partial charge in [0.05, 0.1) is 30.0 Å².